The number of rotatable bonds is 16. The number of aliphatic hydroxyl groups is 2. The number of nitrogens with two attached hydrogens (primary N) is 4. The molecule has 14 heterocycles. The molecule has 4 bridgehead atoms. The van der Waals surface area contributed by atoms with Crippen molar-refractivity contribution in [3.05, 3.63) is 49.4 Å². The van der Waals surface area contributed by atoms with Crippen molar-refractivity contribution in [3.63, 3.8) is 0 Å². The van der Waals surface area contributed by atoms with Crippen LogP contribution in [0.5, 0.6) is 0 Å². The minimum Gasteiger partial charge on any atom is -0.780 e. The molecule has 8 aliphatic heterocycles. The Hall–Kier alpha value is -5.05. The molecule has 118 heavy (non-hydrogen) atoms. The summed E-state index contributed by atoms with van der Waals surface area (Å²) in [6.07, 6.45) is -17.4. The molecule has 42 nitrogen and oxygen atoms in total. The number of halogens is 2. The Labute approximate surface area is 701 Å². The number of anilines is 2. The average Bonchev–Trinajstić information content (AvgIpc) is 1.62. The lowest BCUT2D eigenvalue weighted by Gasteiger charge is -2.33. The number of carbonyl (C=O) groups excluding carboxylic acids is 2. The number of aliphatic imine (C=N–C) groups is 2. The number of hydrogen-bond donors (Lipinski definition) is 12. The quantitative estimate of drug-likeness (QED) is 0.0399. The van der Waals surface area contributed by atoms with Crippen LogP contribution in [0.2, 0.25) is 0 Å². The normalized spacial score (nSPS) is 32.2. The van der Waals surface area contributed by atoms with Gasteiger partial charge in [-0.25, -0.2) is 58.6 Å². The lowest BCUT2D eigenvalue weighted by Crippen LogP contribution is -3.11. The van der Waals surface area contributed by atoms with Gasteiger partial charge in [0.15, 0.2) is 102 Å². The highest BCUT2D eigenvalue weighted by Crippen LogP contribution is 2.57. The van der Waals surface area contributed by atoms with E-state index in [-0.39, 0.29) is 81.5 Å². The van der Waals surface area contributed by atoms with Gasteiger partial charge in [0.2, 0.25) is 0 Å². The van der Waals surface area contributed by atoms with Gasteiger partial charge in [0, 0.05) is 0 Å². The van der Waals surface area contributed by atoms with Gasteiger partial charge < -0.3 is 126 Å². The minimum atomic E-state index is -4.51. The number of quaternary nitrogens is 4. The Balaban J connectivity index is 0.000000203. The number of nitrogens with one attached hydrogen (secondary N) is 4. The van der Waals surface area contributed by atoms with Crippen LogP contribution < -0.4 is 47.4 Å². The highest BCUT2D eigenvalue weighted by Gasteiger charge is 2.56. The van der Waals surface area contributed by atoms with Crippen LogP contribution in [-0.2, 0) is 107 Å². The van der Waals surface area contributed by atoms with E-state index in [4.69, 9.17) is 126 Å². The van der Waals surface area contributed by atoms with Crippen molar-refractivity contribution in [1.82, 2.24) is 58.1 Å². The van der Waals surface area contributed by atoms with Crippen molar-refractivity contribution >= 4 is 143 Å². The SMILES string of the molecule is CC[NH+](CC)CC.CC[NH+](CC)CC.CC[NH+](CC)CC.CC[NH+](CC)CC.NC1=Nc2c(ncn2[C@@H]2O[C@@H]3COP(O)(=S)O[C@@H]4[C@H](O)[C@@H](COP(=O)([S-])O[C@H]3[C@H]2F)O[C@H]4n2cnc3c(N)ncnc32)C(=O)C1.NC1=Nc2c(ncn2[C@@H]2O[C@@H]3COP(O)(=S)O[C@@H]4[C@H](O)[C@@H](COP([O-])(=S)O[C@H]3[C@H]2F)O[C@H]4n2cnc3c(N)ncnc32)C(=O)C1. The van der Waals surface area contributed by atoms with Gasteiger partial charge in [-0.3, -0.25) is 41.5 Å². The zero-order chi connectivity index (χ0) is 86.5. The van der Waals surface area contributed by atoms with Crippen molar-refractivity contribution in [2.45, 2.75) is 194 Å². The smallest absolute Gasteiger partial charge is 0.325 e. The number of nitrogen functional groups attached to an aromatic ring is 2. The van der Waals surface area contributed by atoms with E-state index >= 15 is 8.78 Å². The number of ketones is 2. The Kier molecular flexibility index (Phi) is 35.3. The van der Waals surface area contributed by atoms with Gasteiger partial charge in [-0.05, 0) is 107 Å². The summed E-state index contributed by atoms with van der Waals surface area (Å²) in [7, 11) is 0. The van der Waals surface area contributed by atoms with Crippen LogP contribution in [0.4, 0.5) is 32.1 Å². The lowest BCUT2D eigenvalue weighted by molar-refractivity contribution is -0.894. The van der Waals surface area contributed by atoms with E-state index in [1.807, 2.05) is 0 Å². The highest BCUT2D eigenvalue weighted by molar-refractivity contribution is 8.32. The van der Waals surface area contributed by atoms with Gasteiger partial charge in [-0.2, -0.15) is 0 Å². The van der Waals surface area contributed by atoms with E-state index in [2.05, 4.69) is 133 Å². The molecule has 14 rings (SSSR count). The second-order valence-electron chi connectivity index (χ2n) is 27.9. The van der Waals surface area contributed by atoms with Crippen LogP contribution in [0.1, 0.15) is 142 Å². The largest absolute Gasteiger partial charge is 0.780 e. The first-order valence-corrected chi connectivity index (χ1v) is 49.2. The number of fused-ring (bicyclic) bond motifs is 10. The summed E-state index contributed by atoms with van der Waals surface area (Å²) in [5.41, 5.74) is 24.1. The number of ether oxygens (including phenoxy) is 4. The van der Waals surface area contributed by atoms with Crippen molar-refractivity contribution in [2.24, 2.45) is 21.5 Å². The molecule has 660 valence electrons. The highest BCUT2D eigenvalue weighted by atomic mass is 32.7. The number of carbonyl (C=O) groups is 2. The Morgan fingerprint density at radius 1 is 0.466 bits per heavy atom. The fraction of sp³-hybridized carbons (Fsp3) is 0.697. The summed E-state index contributed by atoms with van der Waals surface area (Å²) >= 11 is 20.6. The second-order valence-corrected chi connectivity index (χ2v) is 38.9. The fourth-order valence-corrected chi connectivity index (χ4v) is 19.5. The number of amidine groups is 2. The van der Waals surface area contributed by atoms with E-state index in [0.29, 0.717) is 0 Å². The molecule has 0 radical (unpaired) electrons. The molecule has 0 aromatic carbocycles. The van der Waals surface area contributed by atoms with Crippen molar-refractivity contribution in [1.29, 1.82) is 0 Å². The molecular formula is C66H110F2N22O20P4S4+2. The first-order chi connectivity index (χ1) is 56.0. The number of hydrogen-bond acceptors (Lipinski definition) is 36. The maximum absolute atomic E-state index is 16.0. The Morgan fingerprint density at radius 3 is 1.14 bits per heavy atom. The molecule has 0 spiro atoms. The molecule has 8 aliphatic rings. The van der Waals surface area contributed by atoms with Crippen molar-refractivity contribution < 1.29 is 123 Å². The van der Waals surface area contributed by atoms with Crippen molar-refractivity contribution in [3.8, 4) is 0 Å². The zero-order valence-electron chi connectivity index (χ0n) is 67.5. The van der Waals surface area contributed by atoms with E-state index < -0.39 is 163 Å². The predicted molar refractivity (Wildman–Crippen MR) is 438 cm³/mol. The topological polar surface area (TPSA) is 535 Å². The number of imidazole rings is 4. The van der Waals surface area contributed by atoms with E-state index in [0.717, 1.165) is 21.8 Å². The standard InChI is InChI=1S/2C21H24FN9O10P2S2.4C6H15N/c2*22-11-15-9(39-20(11)31-5-27-12-7(32)1-10(23)29-19(12)31)3-37-43(35,45)41-16-14(33)8(2-36-42(34,44)40-15)38-21(16)30-6-28-13-17(24)25-4-26-18(13)30;4*1-4-7(5-2)6-3/h2*4-6,8-9,11,14-16,20-21,33H,1-3H2,(H2,23,29)(H,34,44)(H,35,45)(H2,24,25,26);4*4-6H2,1-3H3/p+2/t2*8-,9-,11-,14-,15-,16-,20-,21-,42?,43?;;;;/m11..../s1. The van der Waals surface area contributed by atoms with Gasteiger partial charge in [0.25, 0.3) is 0 Å². The minimum absolute atomic E-state index is 0.0108. The summed E-state index contributed by atoms with van der Waals surface area (Å²) < 4.78 is 118. The van der Waals surface area contributed by atoms with E-state index in [1.54, 1.807) is 19.6 Å². The molecule has 16 N–H and O–H groups in total. The molecule has 6 saturated heterocycles. The van der Waals surface area contributed by atoms with Crippen LogP contribution >= 0.6 is 27.0 Å². The molecule has 6 fully saturated rings. The Bertz CT molecular complexity index is 4290. The fourth-order valence-electron chi connectivity index (χ4n) is 13.8. The average molecular weight is 1820 g/mol. The Morgan fingerprint density at radius 2 is 0.788 bits per heavy atom. The summed E-state index contributed by atoms with van der Waals surface area (Å²) in [5, 5.41) is 22.2. The third-order valence-corrected chi connectivity index (χ3v) is 27.1. The van der Waals surface area contributed by atoms with Crippen LogP contribution in [0.15, 0.2) is 47.9 Å². The summed E-state index contributed by atoms with van der Waals surface area (Å²) in [5.74, 6) is -0.822. The van der Waals surface area contributed by atoms with Crippen LogP contribution in [0.25, 0.3) is 22.3 Å². The van der Waals surface area contributed by atoms with Gasteiger partial charge in [0.05, 0.1) is 143 Å². The monoisotopic (exact) mass is 1820 g/mol. The maximum atomic E-state index is 16.0. The zero-order valence-corrected chi connectivity index (χ0v) is 74.3. The van der Waals surface area contributed by atoms with Crippen LogP contribution in [0.3, 0.4) is 0 Å². The molecule has 52 heteroatoms. The number of nitrogens with zero attached hydrogens (tertiary/aromatic N) is 14. The number of Topliss-reactive ketones (excluding diaryl/α,β-unsaturated/α-hetero) is 2. The molecule has 20 atom stereocenters. The maximum Gasteiger partial charge on any atom is 0.325 e. The summed E-state index contributed by atoms with van der Waals surface area (Å²) in [4.78, 5) is 108. The number of aromatic nitrogens is 12. The first kappa shape index (κ1) is 96.8. The predicted octanol–water partition coefficient (Wildman–Crippen LogP) is -1.22. The van der Waals surface area contributed by atoms with Crippen LogP contribution in [0, 0.1) is 0 Å². The number of aliphatic hydroxyl groups excluding tert-OH is 2. The second kappa shape index (κ2) is 43.0. The summed E-state index contributed by atoms with van der Waals surface area (Å²) in [6, 6.07) is 0. The molecule has 0 aliphatic carbocycles. The van der Waals surface area contributed by atoms with Gasteiger partial charge in [-0.15, -0.1) is 0 Å². The molecular weight excluding hydrogens is 1710 g/mol. The molecule has 6 aromatic rings. The third kappa shape index (κ3) is 23.5. The summed E-state index contributed by atoms with van der Waals surface area (Å²) in [6.45, 7) is 21.9. The van der Waals surface area contributed by atoms with Gasteiger partial charge in [0.1, 0.15) is 103 Å². The molecule has 0 saturated carbocycles. The van der Waals surface area contributed by atoms with E-state index in [1.165, 1.54) is 113 Å². The molecule has 6 aromatic heterocycles. The van der Waals surface area contributed by atoms with Gasteiger partial charge in [-0.1, -0.05) is 11.8 Å². The van der Waals surface area contributed by atoms with Gasteiger partial charge >= 0.3 is 13.4 Å². The molecule has 4 unspecified atom stereocenters. The van der Waals surface area contributed by atoms with Crippen molar-refractivity contribution in [2.75, 3.05) is 116 Å². The van der Waals surface area contributed by atoms with Crippen LogP contribution in [-0.4, -0.2) is 280 Å². The lowest BCUT2D eigenvalue weighted by atomic mass is 10.1. The van der Waals surface area contributed by atoms with E-state index in [9.17, 15) is 39.0 Å². The third-order valence-electron chi connectivity index (χ3n) is 20.9. The molecule has 0 amide bonds. The first-order valence-electron chi connectivity index (χ1n) is 38.9. The number of alkyl halides is 2.